The minimum atomic E-state index is -0.258. The van der Waals surface area contributed by atoms with Gasteiger partial charge in [0.2, 0.25) is 5.89 Å². The molecule has 0 saturated carbocycles. The number of nitrogens with one attached hydrogen (secondary N) is 1. The van der Waals surface area contributed by atoms with E-state index in [-0.39, 0.29) is 5.91 Å². The summed E-state index contributed by atoms with van der Waals surface area (Å²) in [7, 11) is 1.56. The lowest BCUT2D eigenvalue weighted by molar-refractivity contribution is 0.102. The van der Waals surface area contributed by atoms with Crippen molar-refractivity contribution in [3.63, 3.8) is 0 Å². The smallest absolute Gasteiger partial charge is 0.259 e. The third-order valence-corrected chi connectivity index (χ3v) is 6.28. The van der Waals surface area contributed by atoms with Crippen molar-refractivity contribution in [2.45, 2.75) is 6.92 Å². The Balaban J connectivity index is 1.53. The van der Waals surface area contributed by atoms with Gasteiger partial charge in [-0.25, -0.2) is 4.98 Å². The molecular weight excluding hydrogens is 468 g/mol. The molecule has 158 valence electrons. The molecule has 1 N–H and O–H groups in total. The Hall–Kier alpha value is -3.64. The second kappa shape index (κ2) is 8.13. The van der Waals surface area contributed by atoms with E-state index in [9.17, 15) is 4.79 Å². The van der Waals surface area contributed by atoms with Crippen LogP contribution in [0.3, 0.4) is 0 Å². The summed E-state index contributed by atoms with van der Waals surface area (Å²) in [6.45, 7) is 1.94. The Morgan fingerprint density at radius 3 is 2.62 bits per heavy atom. The van der Waals surface area contributed by atoms with Gasteiger partial charge >= 0.3 is 0 Å². The Morgan fingerprint density at radius 2 is 1.81 bits per heavy atom. The SMILES string of the molecule is COc1c(C(=O)Nc2cccc(-c3nc4ccccc4o3)c2C)cc2ccccc2c1Br. The van der Waals surface area contributed by atoms with Crippen LogP contribution in [-0.2, 0) is 0 Å². The molecule has 5 aromatic rings. The average molecular weight is 487 g/mol. The molecule has 0 aliphatic carbocycles. The van der Waals surface area contributed by atoms with Crippen molar-refractivity contribution in [3.05, 3.63) is 88.4 Å². The number of rotatable bonds is 4. The van der Waals surface area contributed by atoms with Crippen LogP contribution in [0.2, 0.25) is 0 Å². The van der Waals surface area contributed by atoms with Crippen molar-refractivity contribution in [1.82, 2.24) is 4.98 Å². The summed E-state index contributed by atoms with van der Waals surface area (Å²) in [6.07, 6.45) is 0. The number of benzene rings is 4. The second-order valence-corrected chi connectivity index (χ2v) is 8.20. The van der Waals surface area contributed by atoms with Crippen molar-refractivity contribution in [1.29, 1.82) is 0 Å². The number of oxazole rings is 1. The number of ether oxygens (including phenoxy) is 1. The fraction of sp³-hybridized carbons (Fsp3) is 0.0769. The monoisotopic (exact) mass is 486 g/mol. The summed E-state index contributed by atoms with van der Waals surface area (Å²) in [5.74, 6) is 0.755. The number of carbonyl (C=O) groups excluding carboxylic acids is 1. The van der Waals surface area contributed by atoms with Crippen molar-refractivity contribution in [2.75, 3.05) is 12.4 Å². The van der Waals surface area contributed by atoms with Crippen molar-refractivity contribution < 1.29 is 13.9 Å². The van der Waals surface area contributed by atoms with Crippen LogP contribution in [0.15, 0.2) is 81.7 Å². The number of hydrogen-bond acceptors (Lipinski definition) is 4. The van der Waals surface area contributed by atoms with Crippen LogP contribution in [0.5, 0.6) is 5.75 Å². The summed E-state index contributed by atoms with van der Waals surface area (Å²) in [5.41, 5.74) is 4.34. The molecule has 0 bridgehead atoms. The lowest BCUT2D eigenvalue weighted by Gasteiger charge is -2.15. The molecule has 1 heterocycles. The molecule has 0 fully saturated rings. The first-order valence-corrected chi connectivity index (χ1v) is 10.9. The van der Waals surface area contributed by atoms with Crippen LogP contribution in [-0.4, -0.2) is 18.0 Å². The molecule has 0 spiro atoms. The highest BCUT2D eigenvalue weighted by molar-refractivity contribution is 9.10. The zero-order valence-corrected chi connectivity index (χ0v) is 19.1. The maximum Gasteiger partial charge on any atom is 0.259 e. The van der Waals surface area contributed by atoms with E-state index >= 15 is 0 Å². The van der Waals surface area contributed by atoms with Gasteiger partial charge in [0.25, 0.3) is 5.91 Å². The molecule has 1 aromatic heterocycles. The molecule has 32 heavy (non-hydrogen) atoms. The first-order chi connectivity index (χ1) is 15.6. The Morgan fingerprint density at radius 1 is 1.03 bits per heavy atom. The first-order valence-electron chi connectivity index (χ1n) is 10.1. The topological polar surface area (TPSA) is 64.4 Å². The number of para-hydroxylation sites is 2. The fourth-order valence-corrected chi connectivity index (χ4v) is 4.57. The number of carbonyl (C=O) groups is 1. The van der Waals surface area contributed by atoms with E-state index in [0.717, 1.165) is 37.5 Å². The van der Waals surface area contributed by atoms with Crippen molar-refractivity contribution in [2.24, 2.45) is 0 Å². The second-order valence-electron chi connectivity index (χ2n) is 7.41. The average Bonchev–Trinajstić information content (AvgIpc) is 3.24. The predicted octanol–water partition coefficient (Wildman–Crippen LogP) is 6.98. The number of nitrogens with zero attached hydrogens (tertiary/aromatic N) is 1. The van der Waals surface area contributed by atoms with Gasteiger partial charge in [0.15, 0.2) is 5.58 Å². The van der Waals surface area contributed by atoms with E-state index in [2.05, 4.69) is 26.2 Å². The van der Waals surface area contributed by atoms with Gasteiger partial charge in [0.05, 0.1) is 17.1 Å². The van der Waals surface area contributed by atoms with E-state index in [4.69, 9.17) is 9.15 Å². The molecule has 0 radical (unpaired) electrons. The van der Waals surface area contributed by atoms with Crippen LogP contribution in [0.4, 0.5) is 5.69 Å². The molecule has 0 aliphatic heterocycles. The van der Waals surface area contributed by atoms with Crippen molar-refractivity contribution in [3.8, 4) is 17.2 Å². The molecule has 5 nitrogen and oxygen atoms in total. The van der Waals surface area contributed by atoms with Crippen LogP contribution in [0.25, 0.3) is 33.3 Å². The van der Waals surface area contributed by atoms with Gasteiger partial charge in [-0.05, 0) is 69.5 Å². The first kappa shape index (κ1) is 20.3. The van der Waals surface area contributed by atoms with Gasteiger partial charge in [0, 0.05) is 11.3 Å². The van der Waals surface area contributed by atoms with Gasteiger partial charge < -0.3 is 14.5 Å². The van der Waals surface area contributed by atoms with Gasteiger partial charge in [-0.1, -0.05) is 42.5 Å². The molecule has 4 aromatic carbocycles. The molecule has 0 atom stereocenters. The zero-order valence-electron chi connectivity index (χ0n) is 17.5. The van der Waals surface area contributed by atoms with E-state index in [1.54, 1.807) is 7.11 Å². The minimum Gasteiger partial charge on any atom is -0.495 e. The number of aromatic nitrogens is 1. The van der Waals surface area contributed by atoms with Gasteiger partial charge in [-0.2, -0.15) is 0 Å². The largest absolute Gasteiger partial charge is 0.495 e. The third-order valence-electron chi connectivity index (χ3n) is 5.50. The van der Waals surface area contributed by atoms with Crippen LogP contribution < -0.4 is 10.1 Å². The maximum absolute atomic E-state index is 13.3. The van der Waals surface area contributed by atoms with Gasteiger partial charge in [-0.15, -0.1) is 0 Å². The van der Waals surface area contributed by atoms with Gasteiger partial charge in [0.1, 0.15) is 11.3 Å². The Bertz CT molecular complexity index is 1460. The Kier molecular flexibility index (Phi) is 5.15. The quantitative estimate of drug-likeness (QED) is 0.297. The van der Waals surface area contributed by atoms with Gasteiger partial charge in [-0.3, -0.25) is 4.79 Å². The third kappa shape index (κ3) is 3.42. The fourth-order valence-electron chi connectivity index (χ4n) is 3.83. The predicted molar refractivity (Wildman–Crippen MR) is 130 cm³/mol. The highest BCUT2D eigenvalue weighted by Crippen LogP contribution is 2.37. The Labute approximate surface area is 193 Å². The highest BCUT2D eigenvalue weighted by atomic mass is 79.9. The number of fused-ring (bicyclic) bond motifs is 2. The lowest BCUT2D eigenvalue weighted by Crippen LogP contribution is -2.14. The molecule has 0 unspecified atom stereocenters. The minimum absolute atomic E-state index is 0.258. The normalized spacial score (nSPS) is 11.1. The molecule has 1 amide bonds. The number of hydrogen-bond donors (Lipinski definition) is 1. The molecule has 0 aliphatic rings. The van der Waals surface area contributed by atoms with E-state index in [0.29, 0.717) is 22.9 Å². The molecule has 5 rings (SSSR count). The molecule has 6 heteroatoms. The van der Waals surface area contributed by atoms with E-state index in [1.807, 2.05) is 79.7 Å². The number of methoxy groups -OCH3 is 1. The zero-order chi connectivity index (χ0) is 22.2. The summed E-state index contributed by atoms with van der Waals surface area (Å²) in [6, 6.07) is 23.0. The number of amides is 1. The summed E-state index contributed by atoms with van der Waals surface area (Å²) in [5, 5.41) is 4.96. The summed E-state index contributed by atoms with van der Waals surface area (Å²) < 4.78 is 12.2. The lowest BCUT2D eigenvalue weighted by atomic mass is 10.0. The summed E-state index contributed by atoms with van der Waals surface area (Å²) >= 11 is 3.59. The molecule has 0 saturated heterocycles. The highest BCUT2D eigenvalue weighted by Gasteiger charge is 2.20. The maximum atomic E-state index is 13.3. The van der Waals surface area contributed by atoms with Crippen molar-refractivity contribution >= 4 is 49.4 Å². The summed E-state index contributed by atoms with van der Waals surface area (Å²) in [4.78, 5) is 17.9. The number of anilines is 1. The van der Waals surface area contributed by atoms with Crippen LogP contribution in [0.1, 0.15) is 15.9 Å². The van der Waals surface area contributed by atoms with E-state index in [1.165, 1.54) is 0 Å². The standard InChI is InChI=1S/C26H19BrN2O3/c1-15-17(26-29-21-11-5-6-13-22(21)32-26)10-7-12-20(15)28-25(30)19-14-16-8-3-4-9-18(16)23(27)24(19)31-2/h3-14H,1-2H3,(H,28,30). The number of halogens is 1. The van der Waals surface area contributed by atoms with Crippen LogP contribution in [0, 0.1) is 6.92 Å². The van der Waals surface area contributed by atoms with Crippen LogP contribution >= 0.6 is 15.9 Å². The molecular formula is C26H19BrN2O3. The van der Waals surface area contributed by atoms with E-state index < -0.39 is 0 Å².